The molecule has 2 N–H and O–H groups in total. The summed E-state index contributed by atoms with van der Waals surface area (Å²) in [6.07, 6.45) is 0. The van der Waals surface area contributed by atoms with E-state index >= 15 is 0 Å². The lowest BCUT2D eigenvalue weighted by atomic mass is 10.0. The summed E-state index contributed by atoms with van der Waals surface area (Å²) in [5.41, 5.74) is 8.36. The Kier molecular flexibility index (Phi) is 1.71. The molecule has 0 saturated heterocycles. The van der Waals surface area contributed by atoms with E-state index in [0.29, 0.717) is 11.7 Å². The summed E-state index contributed by atoms with van der Waals surface area (Å²) in [5, 5.41) is 0. The molecule has 1 nitrogen and oxygen atoms in total. The van der Waals surface area contributed by atoms with Crippen LogP contribution in [-0.4, -0.2) is 0 Å². The molecule has 0 unspecified atom stereocenters. The Balaban J connectivity index is 2.61. The number of benzene rings is 2. The monoisotopic (exact) mass is 170 g/mol. The van der Waals surface area contributed by atoms with Crippen molar-refractivity contribution in [1.29, 1.82) is 0 Å². The van der Waals surface area contributed by atoms with Crippen LogP contribution in [0.15, 0.2) is 54.6 Å². The number of anilines is 1. The van der Waals surface area contributed by atoms with Crippen LogP contribution >= 0.6 is 0 Å². The minimum absolute atomic E-state index is 0.505. The fourth-order valence-electron chi connectivity index (χ4n) is 1.30. The quantitative estimate of drug-likeness (QED) is 0.654. The third-order valence-corrected chi connectivity index (χ3v) is 1.96. The van der Waals surface area contributed by atoms with Crippen LogP contribution in [0.5, 0.6) is 0 Å². The van der Waals surface area contributed by atoms with Gasteiger partial charge < -0.3 is 5.73 Å². The van der Waals surface area contributed by atoms with E-state index in [1.165, 1.54) is 0 Å². The molecule has 0 aliphatic carbocycles. The van der Waals surface area contributed by atoms with Gasteiger partial charge in [0.25, 0.3) is 0 Å². The van der Waals surface area contributed by atoms with E-state index < -0.39 is 0 Å². The average molecular weight is 170 g/mol. The summed E-state index contributed by atoms with van der Waals surface area (Å²) >= 11 is 0. The number of hydrogen-bond donors (Lipinski definition) is 1. The second-order valence-corrected chi connectivity index (χ2v) is 2.86. The summed E-state index contributed by atoms with van der Waals surface area (Å²) in [5.74, 6) is 0. The number of hydrogen-bond acceptors (Lipinski definition) is 1. The van der Waals surface area contributed by atoms with Gasteiger partial charge in [0.1, 0.15) is 0 Å². The number of nitrogen functional groups attached to an aromatic ring is 1. The molecular formula is C12H11N. The molecule has 0 saturated carbocycles. The lowest BCUT2D eigenvalue weighted by molar-refractivity contribution is 1.61. The molecule has 0 radical (unpaired) electrons. The molecule has 0 aliphatic heterocycles. The van der Waals surface area contributed by atoms with Gasteiger partial charge in [-0.2, -0.15) is 0 Å². The highest BCUT2D eigenvalue weighted by Crippen LogP contribution is 2.24. The predicted octanol–water partition coefficient (Wildman–Crippen LogP) is 2.94. The van der Waals surface area contributed by atoms with Gasteiger partial charge in [-0.25, -0.2) is 0 Å². The van der Waals surface area contributed by atoms with Gasteiger partial charge in [-0.3, -0.25) is 0 Å². The molecule has 0 fully saturated rings. The van der Waals surface area contributed by atoms with Gasteiger partial charge in [0, 0.05) is 11.3 Å². The zero-order chi connectivity index (χ0) is 9.97. The van der Waals surface area contributed by atoms with E-state index in [0.717, 1.165) is 11.1 Å². The molecule has 2 aromatic carbocycles. The SMILES string of the molecule is [2H]c1ccccc1-c1ccccc1N. The van der Waals surface area contributed by atoms with Crippen LogP contribution in [0, 0.1) is 0 Å². The van der Waals surface area contributed by atoms with Gasteiger partial charge in [0.05, 0.1) is 1.37 Å². The largest absolute Gasteiger partial charge is 0.398 e. The van der Waals surface area contributed by atoms with Gasteiger partial charge in [-0.1, -0.05) is 48.5 Å². The summed E-state index contributed by atoms with van der Waals surface area (Å²) in [6.45, 7) is 0. The van der Waals surface area contributed by atoms with Crippen LogP contribution in [0.2, 0.25) is 0 Å². The van der Waals surface area contributed by atoms with E-state index in [1.54, 1.807) is 6.07 Å². The minimum atomic E-state index is 0.505. The molecule has 0 bridgehead atoms. The van der Waals surface area contributed by atoms with Crippen molar-refractivity contribution in [1.82, 2.24) is 0 Å². The zero-order valence-electron chi connectivity index (χ0n) is 8.20. The third-order valence-electron chi connectivity index (χ3n) is 1.96. The van der Waals surface area contributed by atoms with E-state index in [-0.39, 0.29) is 0 Å². The fraction of sp³-hybridized carbons (Fsp3) is 0. The number of para-hydroxylation sites is 1. The van der Waals surface area contributed by atoms with Crippen molar-refractivity contribution < 1.29 is 1.37 Å². The molecule has 2 rings (SSSR count). The fourth-order valence-corrected chi connectivity index (χ4v) is 1.30. The third kappa shape index (κ3) is 1.54. The summed E-state index contributed by atoms with van der Waals surface area (Å²) < 4.78 is 7.75. The Labute approximate surface area is 79.2 Å². The topological polar surface area (TPSA) is 26.0 Å². The van der Waals surface area contributed by atoms with Crippen LogP contribution < -0.4 is 5.73 Å². The molecule has 0 aliphatic rings. The second kappa shape index (κ2) is 3.31. The highest BCUT2D eigenvalue weighted by atomic mass is 14.6. The number of nitrogens with two attached hydrogens (primary N) is 1. The molecule has 13 heavy (non-hydrogen) atoms. The molecule has 0 atom stereocenters. The maximum absolute atomic E-state index is 7.75. The highest BCUT2D eigenvalue weighted by Gasteiger charge is 1.98. The highest BCUT2D eigenvalue weighted by molar-refractivity contribution is 5.75. The Morgan fingerprint density at radius 3 is 2.46 bits per heavy atom. The average Bonchev–Trinajstić information content (AvgIpc) is 2.20. The van der Waals surface area contributed by atoms with Gasteiger partial charge in [-0.15, -0.1) is 0 Å². The van der Waals surface area contributed by atoms with Crippen LogP contribution in [0.4, 0.5) is 5.69 Å². The van der Waals surface area contributed by atoms with Crippen molar-refractivity contribution in [2.24, 2.45) is 0 Å². The lowest BCUT2D eigenvalue weighted by Crippen LogP contribution is -1.88. The van der Waals surface area contributed by atoms with Gasteiger partial charge >= 0.3 is 0 Å². The van der Waals surface area contributed by atoms with Gasteiger partial charge in [-0.05, 0) is 11.6 Å². The molecule has 64 valence electrons. The summed E-state index contributed by atoms with van der Waals surface area (Å²) in [7, 11) is 0. The van der Waals surface area contributed by atoms with Crippen molar-refractivity contribution in [3.05, 3.63) is 54.6 Å². The van der Waals surface area contributed by atoms with E-state index in [9.17, 15) is 0 Å². The Hall–Kier alpha value is -1.76. The predicted molar refractivity (Wildman–Crippen MR) is 56.3 cm³/mol. The lowest BCUT2D eigenvalue weighted by Gasteiger charge is -2.03. The van der Waals surface area contributed by atoms with Crippen molar-refractivity contribution in [3.63, 3.8) is 0 Å². The normalized spacial score (nSPS) is 10.9. The van der Waals surface area contributed by atoms with E-state index in [1.807, 2.05) is 42.5 Å². The first-order chi connectivity index (χ1) is 6.79. The maximum atomic E-state index is 7.75. The summed E-state index contributed by atoms with van der Waals surface area (Å²) in [6, 6.07) is 15.6. The van der Waals surface area contributed by atoms with Gasteiger partial charge in [0.2, 0.25) is 0 Å². The van der Waals surface area contributed by atoms with Crippen molar-refractivity contribution >= 4 is 5.69 Å². The first-order valence-corrected chi connectivity index (χ1v) is 4.19. The standard InChI is InChI=1S/C12H11N/c13-12-9-5-4-8-11(12)10-6-2-1-3-7-10/h1-9H,13H2/i6D. The first-order valence-electron chi connectivity index (χ1n) is 4.69. The minimum Gasteiger partial charge on any atom is -0.398 e. The van der Waals surface area contributed by atoms with Crippen LogP contribution in [-0.2, 0) is 0 Å². The van der Waals surface area contributed by atoms with Crippen molar-refractivity contribution in [3.8, 4) is 11.1 Å². The zero-order valence-corrected chi connectivity index (χ0v) is 7.20. The Morgan fingerprint density at radius 2 is 1.69 bits per heavy atom. The molecule has 2 aromatic rings. The molecule has 0 spiro atoms. The van der Waals surface area contributed by atoms with Crippen molar-refractivity contribution in [2.45, 2.75) is 0 Å². The Morgan fingerprint density at radius 1 is 0.923 bits per heavy atom. The molecule has 0 heterocycles. The van der Waals surface area contributed by atoms with Crippen LogP contribution in [0.25, 0.3) is 11.1 Å². The molecule has 0 aromatic heterocycles. The second-order valence-electron chi connectivity index (χ2n) is 2.86. The molecule has 1 heteroatoms. The molecular weight excluding hydrogens is 158 g/mol. The van der Waals surface area contributed by atoms with E-state index in [2.05, 4.69) is 0 Å². The molecule has 0 amide bonds. The number of rotatable bonds is 1. The summed E-state index contributed by atoms with van der Waals surface area (Å²) in [4.78, 5) is 0. The first kappa shape index (κ1) is 6.72. The van der Waals surface area contributed by atoms with Crippen molar-refractivity contribution in [2.75, 3.05) is 5.73 Å². The van der Waals surface area contributed by atoms with Crippen LogP contribution in [0.1, 0.15) is 1.37 Å². The maximum Gasteiger partial charge on any atom is 0.0629 e. The van der Waals surface area contributed by atoms with Gasteiger partial charge in [0.15, 0.2) is 0 Å². The van der Waals surface area contributed by atoms with E-state index in [4.69, 9.17) is 7.10 Å². The van der Waals surface area contributed by atoms with Crippen LogP contribution in [0.3, 0.4) is 0 Å². The Bertz CT molecular complexity index is 408. The smallest absolute Gasteiger partial charge is 0.0629 e.